The molecule has 2 amide bonds. The largest absolute Gasteiger partial charge is 0.490 e. The van der Waals surface area contributed by atoms with Gasteiger partial charge in [-0.1, -0.05) is 28.8 Å². The highest BCUT2D eigenvalue weighted by molar-refractivity contribution is 6.31. The first-order chi connectivity index (χ1) is 22.2. The van der Waals surface area contributed by atoms with Crippen LogP contribution in [0.2, 0.25) is 5.15 Å². The van der Waals surface area contributed by atoms with E-state index in [1.165, 1.54) is 12.1 Å². The second-order valence-corrected chi connectivity index (χ2v) is 14.2. The van der Waals surface area contributed by atoms with Gasteiger partial charge in [0.05, 0.1) is 12.1 Å². The number of hydrogen-bond donors (Lipinski definition) is 0. The summed E-state index contributed by atoms with van der Waals surface area (Å²) in [5.74, 6) is 0.465. The quantitative estimate of drug-likeness (QED) is 0.262. The van der Waals surface area contributed by atoms with Gasteiger partial charge in [-0.25, -0.2) is 9.18 Å². The standard InChI is InChI=1S/C34H40ClFN6O5/c1-7-42(20(2)3)30(43)24-13-22(36)11-12-27(24)46-31-37-29(28(35)38-39-31)41-18-34(19-41)14-23(15-34)45-26-10-8-9-21-16-40(17-25(21)26)32(44)47-33(4,5)6/h8-13,20,23H,7,14-19H2,1-6H3. The Labute approximate surface area is 279 Å². The minimum absolute atomic E-state index is 0.0556. The summed E-state index contributed by atoms with van der Waals surface area (Å²) in [6, 6.07) is 9.54. The Morgan fingerprint density at radius 1 is 1.11 bits per heavy atom. The van der Waals surface area contributed by atoms with Crippen molar-refractivity contribution < 1.29 is 28.2 Å². The highest BCUT2D eigenvalue weighted by atomic mass is 35.5. The number of nitrogens with zero attached hydrogens (tertiary/aromatic N) is 6. The Balaban J connectivity index is 1.07. The SMILES string of the molecule is CCN(C(=O)c1cc(F)ccc1Oc1nnc(Cl)c(N2CC3(CC(Oc4cccc5c4CN(C(=O)OC(C)(C)C)C5)C3)C2)n1)C(C)C. The molecule has 0 N–H and O–H groups in total. The van der Waals surface area contributed by atoms with Crippen LogP contribution >= 0.6 is 11.6 Å². The number of ether oxygens (including phenoxy) is 3. The van der Waals surface area contributed by atoms with E-state index >= 15 is 0 Å². The highest BCUT2D eigenvalue weighted by Crippen LogP contribution is 2.51. The molecule has 1 spiro atoms. The fraction of sp³-hybridized carbons (Fsp3) is 0.500. The molecule has 13 heteroatoms. The van der Waals surface area contributed by atoms with Gasteiger partial charge in [0.15, 0.2) is 11.0 Å². The van der Waals surface area contributed by atoms with Crippen molar-refractivity contribution in [2.24, 2.45) is 5.41 Å². The van der Waals surface area contributed by atoms with Gasteiger partial charge in [-0.05, 0) is 84.2 Å². The normalized spacial score (nSPS) is 16.9. The Kier molecular flexibility index (Phi) is 8.67. The maximum Gasteiger partial charge on any atom is 0.410 e. The van der Waals surface area contributed by atoms with Gasteiger partial charge in [0.2, 0.25) is 0 Å². The molecule has 0 unspecified atom stereocenters. The maximum atomic E-state index is 14.2. The number of carbonyl (C=O) groups excluding carboxylic acids is 2. The smallest absolute Gasteiger partial charge is 0.410 e. The summed E-state index contributed by atoms with van der Waals surface area (Å²) in [6.07, 6.45) is 1.46. The summed E-state index contributed by atoms with van der Waals surface area (Å²) in [6.45, 7) is 14.1. The molecule has 1 aromatic heterocycles. The minimum Gasteiger partial charge on any atom is -0.490 e. The molecule has 250 valence electrons. The van der Waals surface area contributed by atoms with Gasteiger partial charge in [-0.2, -0.15) is 4.98 Å². The van der Waals surface area contributed by atoms with E-state index in [0.29, 0.717) is 38.5 Å². The van der Waals surface area contributed by atoms with Crippen LogP contribution in [0.1, 0.15) is 75.9 Å². The molecule has 0 radical (unpaired) electrons. The molecule has 0 atom stereocenters. The zero-order valence-corrected chi connectivity index (χ0v) is 28.3. The van der Waals surface area contributed by atoms with Crippen LogP contribution in [0, 0.1) is 11.2 Å². The first-order valence-electron chi connectivity index (χ1n) is 15.9. The second kappa shape index (κ2) is 12.4. The molecule has 47 heavy (non-hydrogen) atoms. The third-order valence-corrected chi connectivity index (χ3v) is 9.01. The lowest BCUT2D eigenvalue weighted by Crippen LogP contribution is -2.65. The summed E-state index contributed by atoms with van der Waals surface area (Å²) in [5.41, 5.74) is 1.68. The van der Waals surface area contributed by atoms with E-state index < -0.39 is 11.4 Å². The molecule has 3 aliphatic rings. The van der Waals surface area contributed by atoms with Gasteiger partial charge in [0.1, 0.15) is 29.0 Å². The van der Waals surface area contributed by atoms with E-state index in [-0.39, 0.29) is 52.0 Å². The Morgan fingerprint density at radius 3 is 2.53 bits per heavy atom. The van der Waals surface area contributed by atoms with Crippen LogP contribution in [-0.2, 0) is 17.8 Å². The lowest BCUT2D eigenvalue weighted by atomic mass is 9.61. The summed E-state index contributed by atoms with van der Waals surface area (Å²) < 4.78 is 32.1. The highest BCUT2D eigenvalue weighted by Gasteiger charge is 2.54. The van der Waals surface area contributed by atoms with Crippen molar-refractivity contribution in [3.05, 3.63) is 64.1 Å². The second-order valence-electron chi connectivity index (χ2n) is 13.9. The summed E-state index contributed by atoms with van der Waals surface area (Å²) in [4.78, 5) is 35.7. The van der Waals surface area contributed by atoms with E-state index in [0.717, 1.165) is 35.8 Å². The topological polar surface area (TPSA) is 110 Å². The van der Waals surface area contributed by atoms with E-state index in [4.69, 9.17) is 25.8 Å². The maximum absolute atomic E-state index is 14.2. The van der Waals surface area contributed by atoms with Crippen LogP contribution in [-0.4, -0.2) is 74.4 Å². The average Bonchev–Trinajstić information content (AvgIpc) is 3.41. The van der Waals surface area contributed by atoms with Gasteiger partial charge in [0, 0.05) is 43.2 Å². The van der Waals surface area contributed by atoms with Crippen LogP contribution in [0.4, 0.5) is 15.0 Å². The monoisotopic (exact) mass is 666 g/mol. The molecule has 2 aromatic carbocycles. The summed E-state index contributed by atoms with van der Waals surface area (Å²) >= 11 is 6.41. The first kappa shape index (κ1) is 32.7. The summed E-state index contributed by atoms with van der Waals surface area (Å²) in [5, 5.41) is 8.15. The van der Waals surface area contributed by atoms with Gasteiger partial charge in [-0.3, -0.25) is 9.69 Å². The van der Waals surface area contributed by atoms with Crippen molar-refractivity contribution in [2.75, 3.05) is 24.5 Å². The van der Waals surface area contributed by atoms with Gasteiger partial charge < -0.3 is 24.0 Å². The van der Waals surface area contributed by atoms with E-state index in [9.17, 15) is 14.0 Å². The van der Waals surface area contributed by atoms with Crippen molar-refractivity contribution >= 4 is 29.4 Å². The van der Waals surface area contributed by atoms with Crippen molar-refractivity contribution in [1.29, 1.82) is 0 Å². The number of rotatable bonds is 8. The number of fused-ring (bicyclic) bond motifs is 1. The molecule has 0 bridgehead atoms. The summed E-state index contributed by atoms with van der Waals surface area (Å²) in [7, 11) is 0. The Morgan fingerprint density at radius 2 is 1.85 bits per heavy atom. The predicted octanol–water partition coefficient (Wildman–Crippen LogP) is 6.63. The first-order valence-corrected chi connectivity index (χ1v) is 16.3. The molecular formula is C34H40ClFN6O5. The predicted molar refractivity (Wildman–Crippen MR) is 173 cm³/mol. The van der Waals surface area contributed by atoms with E-state index in [2.05, 4.69) is 15.2 Å². The third-order valence-electron chi connectivity index (χ3n) is 8.77. The molecule has 1 aliphatic carbocycles. The Hall–Kier alpha value is -4.19. The van der Waals surface area contributed by atoms with Gasteiger partial charge in [-0.15, -0.1) is 5.10 Å². The van der Waals surface area contributed by atoms with Crippen LogP contribution in [0.3, 0.4) is 0 Å². The lowest BCUT2D eigenvalue weighted by molar-refractivity contribution is -0.0348. The fourth-order valence-electron chi connectivity index (χ4n) is 6.59. The zero-order valence-electron chi connectivity index (χ0n) is 27.5. The van der Waals surface area contributed by atoms with Crippen molar-refractivity contribution in [3.63, 3.8) is 0 Å². The molecule has 3 aromatic rings. The molecule has 1 saturated heterocycles. The number of anilines is 1. The van der Waals surface area contributed by atoms with E-state index in [1.807, 2.05) is 64.6 Å². The van der Waals surface area contributed by atoms with Crippen LogP contribution in [0.5, 0.6) is 17.5 Å². The minimum atomic E-state index is -0.556. The number of aromatic nitrogens is 3. The van der Waals surface area contributed by atoms with Gasteiger partial charge in [0.25, 0.3) is 5.91 Å². The Bertz CT molecular complexity index is 1680. The molecule has 3 heterocycles. The van der Waals surface area contributed by atoms with E-state index in [1.54, 1.807) is 9.80 Å². The molecule has 6 rings (SSSR count). The molecule has 2 aliphatic heterocycles. The van der Waals surface area contributed by atoms with Crippen molar-refractivity contribution in [1.82, 2.24) is 25.0 Å². The van der Waals surface area contributed by atoms with Crippen LogP contribution in [0.25, 0.3) is 0 Å². The lowest BCUT2D eigenvalue weighted by Gasteiger charge is -2.58. The fourth-order valence-corrected chi connectivity index (χ4v) is 6.79. The average molecular weight is 667 g/mol. The molecule has 2 fully saturated rings. The van der Waals surface area contributed by atoms with Crippen LogP contribution < -0.4 is 14.4 Å². The number of hydrogen-bond acceptors (Lipinski definition) is 9. The van der Waals surface area contributed by atoms with Crippen molar-refractivity contribution in [3.8, 4) is 17.5 Å². The zero-order chi connectivity index (χ0) is 33.7. The molecular weight excluding hydrogens is 627 g/mol. The molecule has 11 nitrogen and oxygen atoms in total. The molecule has 1 saturated carbocycles. The van der Waals surface area contributed by atoms with Crippen LogP contribution in [0.15, 0.2) is 36.4 Å². The number of halogens is 2. The van der Waals surface area contributed by atoms with Gasteiger partial charge >= 0.3 is 12.1 Å². The third kappa shape index (κ3) is 6.79. The van der Waals surface area contributed by atoms with Crippen molar-refractivity contribution in [2.45, 2.75) is 85.2 Å². The number of carbonyl (C=O) groups is 2. The number of amides is 2. The number of benzene rings is 2.